The predicted molar refractivity (Wildman–Crippen MR) is 96.3 cm³/mol. The van der Waals surface area contributed by atoms with E-state index in [1.165, 1.54) is 5.56 Å². The van der Waals surface area contributed by atoms with Gasteiger partial charge in [0.05, 0.1) is 11.9 Å². The van der Waals surface area contributed by atoms with Crippen LogP contribution in [0, 0.1) is 13.8 Å². The van der Waals surface area contributed by atoms with Crippen LogP contribution in [0.2, 0.25) is 0 Å². The molecule has 2 aromatic carbocycles. The number of phenols is 1. The molecule has 0 radical (unpaired) electrons. The summed E-state index contributed by atoms with van der Waals surface area (Å²) in [4.78, 5) is 5.73. The van der Waals surface area contributed by atoms with Gasteiger partial charge in [-0.25, -0.2) is 4.98 Å². The van der Waals surface area contributed by atoms with Crippen molar-refractivity contribution < 1.29 is 5.11 Å². The summed E-state index contributed by atoms with van der Waals surface area (Å²) < 4.78 is 0. The molecule has 0 amide bonds. The van der Waals surface area contributed by atoms with Crippen LogP contribution in [-0.2, 0) is 0 Å². The van der Waals surface area contributed by atoms with Crippen LogP contribution < -0.4 is 5.43 Å². The van der Waals surface area contributed by atoms with Gasteiger partial charge in [0.1, 0.15) is 5.75 Å². The van der Waals surface area contributed by atoms with Gasteiger partial charge >= 0.3 is 0 Å². The molecule has 0 unspecified atom stereocenters. The lowest BCUT2D eigenvalue weighted by Gasteiger charge is -1.99. The zero-order valence-corrected chi connectivity index (χ0v) is 13.8. The number of phenolic OH excluding ortho intramolecular Hbond substituents is 1. The summed E-state index contributed by atoms with van der Waals surface area (Å²) in [6.07, 6.45) is 1.58. The Hall–Kier alpha value is -2.66. The molecule has 116 valence electrons. The van der Waals surface area contributed by atoms with Crippen LogP contribution in [0.1, 0.15) is 16.0 Å². The minimum absolute atomic E-state index is 0.203. The van der Waals surface area contributed by atoms with Crippen molar-refractivity contribution in [1.29, 1.82) is 0 Å². The summed E-state index contributed by atoms with van der Waals surface area (Å²) in [7, 11) is 0. The maximum absolute atomic E-state index is 9.69. The standard InChI is InChI=1S/C18H17N3OS/c1-12-7-9-14(10-8-12)17-13(2)23-18(20-17)21-19-11-15-5-3-4-6-16(15)22/h3-11,22H,1-2H3,(H,20,21)/b19-11-. The first kappa shape index (κ1) is 15.2. The molecule has 0 atom stereocenters. The van der Waals surface area contributed by atoms with Gasteiger partial charge in [0.2, 0.25) is 5.13 Å². The van der Waals surface area contributed by atoms with Gasteiger partial charge in [0, 0.05) is 16.0 Å². The fourth-order valence-electron chi connectivity index (χ4n) is 2.18. The van der Waals surface area contributed by atoms with E-state index < -0.39 is 0 Å². The summed E-state index contributed by atoms with van der Waals surface area (Å²) in [6, 6.07) is 15.4. The number of hydrogen-bond acceptors (Lipinski definition) is 5. The molecule has 0 aliphatic carbocycles. The molecule has 0 aliphatic heterocycles. The van der Waals surface area contributed by atoms with Gasteiger partial charge in [-0.2, -0.15) is 5.10 Å². The molecule has 2 N–H and O–H groups in total. The predicted octanol–water partition coefficient (Wildman–Crippen LogP) is 4.58. The number of nitrogens with one attached hydrogen (secondary N) is 1. The monoisotopic (exact) mass is 323 g/mol. The lowest BCUT2D eigenvalue weighted by atomic mass is 10.1. The largest absolute Gasteiger partial charge is 0.507 e. The maximum Gasteiger partial charge on any atom is 0.204 e. The smallest absolute Gasteiger partial charge is 0.204 e. The number of thiazole rings is 1. The number of nitrogens with zero attached hydrogens (tertiary/aromatic N) is 2. The highest BCUT2D eigenvalue weighted by molar-refractivity contribution is 7.15. The second-order valence-corrected chi connectivity index (χ2v) is 6.42. The Kier molecular flexibility index (Phi) is 4.39. The Morgan fingerprint density at radius 1 is 1.09 bits per heavy atom. The summed E-state index contributed by atoms with van der Waals surface area (Å²) in [5, 5.41) is 14.6. The number of aromatic hydroxyl groups is 1. The molecule has 0 saturated heterocycles. The molecular weight excluding hydrogens is 306 g/mol. The van der Waals surface area contributed by atoms with E-state index in [0.717, 1.165) is 21.3 Å². The molecule has 4 nitrogen and oxygen atoms in total. The number of hydrazone groups is 1. The Bertz CT molecular complexity index is 838. The van der Waals surface area contributed by atoms with Crippen LogP contribution in [0.15, 0.2) is 53.6 Å². The number of rotatable bonds is 4. The van der Waals surface area contributed by atoms with E-state index >= 15 is 0 Å². The van der Waals surface area contributed by atoms with Crippen molar-refractivity contribution in [3.63, 3.8) is 0 Å². The van der Waals surface area contributed by atoms with Crippen LogP contribution in [0.5, 0.6) is 5.75 Å². The summed E-state index contributed by atoms with van der Waals surface area (Å²) in [5.41, 5.74) is 6.88. The molecular formula is C18H17N3OS. The van der Waals surface area contributed by atoms with Gasteiger partial charge < -0.3 is 5.11 Å². The van der Waals surface area contributed by atoms with Crippen LogP contribution in [0.3, 0.4) is 0 Å². The molecule has 0 aliphatic rings. The summed E-state index contributed by atoms with van der Waals surface area (Å²) in [6.45, 7) is 4.11. The van der Waals surface area contributed by atoms with E-state index in [9.17, 15) is 5.11 Å². The van der Waals surface area contributed by atoms with Crippen molar-refractivity contribution in [1.82, 2.24) is 4.98 Å². The van der Waals surface area contributed by atoms with Gasteiger partial charge in [-0.3, -0.25) is 5.43 Å². The number of anilines is 1. The van der Waals surface area contributed by atoms with Crippen LogP contribution in [0.4, 0.5) is 5.13 Å². The minimum Gasteiger partial charge on any atom is -0.507 e. The number of aromatic nitrogens is 1. The lowest BCUT2D eigenvalue weighted by molar-refractivity contribution is 0.474. The van der Waals surface area contributed by atoms with Gasteiger partial charge in [-0.1, -0.05) is 42.0 Å². The second kappa shape index (κ2) is 6.62. The highest BCUT2D eigenvalue weighted by Gasteiger charge is 2.09. The first-order valence-electron chi connectivity index (χ1n) is 7.25. The zero-order chi connectivity index (χ0) is 16.2. The molecule has 0 saturated carbocycles. The van der Waals surface area contributed by atoms with E-state index in [-0.39, 0.29) is 5.75 Å². The fourth-order valence-corrected chi connectivity index (χ4v) is 2.96. The topological polar surface area (TPSA) is 57.5 Å². The van der Waals surface area contributed by atoms with E-state index in [2.05, 4.69) is 46.7 Å². The van der Waals surface area contributed by atoms with Crippen molar-refractivity contribution in [2.45, 2.75) is 13.8 Å². The summed E-state index contributed by atoms with van der Waals surface area (Å²) in [5.74, 6) is 0.203. The highest BCUT2D eigenvalue weighted by Crippen LogP contribution is 2.30. The second-order valence-electron chi connectivity index (χ2n) is 5.22. The lowest BCUT2D eigenvalue weighted by Crippen LogP contribution is -1.90. The number of para-hydroxylation sites is 1. The van der Waals surface area contributed by atoms with Crippen LogP contribution in [-0.4, -0.2) is 16.3 Å². The zero-order valence-electron chi connectivity index (χ0n) is 12.9. The molecule has 3 aromatic rings. The normalized spacial score (nSPS) is 11.0. The van der Waals surface area contributed by atoms with Crippen molar-refractivity contribution in [2.75, 3.05) is 5.43 Å². The molecule has 5 heteroatoms. The summed E-state index contributed by atoms with van der Waals surface area (Å²) >= 11 is 1.55. The Labute approximate surface area is 139 Å². The van der Waals surface area contributed by atoms with Crippen molar-refractivity contribution >= 4 is 22.7 Å². The van der Waals surface area contributed by atoms with Gasteiger partial charge in [0.25, 0.3) is 0 Å². The molecule has 0 fully saturated rings. The minimum atomic E-state index is 0.203. The van der Waals surface area contributed by atoms with E-state index in [1.54, 1.807) is 35.8 Å². The number of hydrogen-bond donors (Lipinski definition) is 2. The SMILES string of the molecule is Cc1ccc(-c2nc(N/N=C\c3ccccc3O)sc2C)cc1. The first-order chi connectivity index (χ1) is 11.1. The van der Waals surface area contributed by atoms with Crippen molar-refractivity contribution in [3.05, 3.63) is 64.5 Å². The average Bonchev–Trinajstić information content (AvgIpc) is 2.91. The highest BCUT2D eigenvalue weighted by atomic mass is 32.1. The molecule has 0 spiro atoms. The fraction of sp³-hybridized carbons (Fsp3) is 0.111. The third-order valence-electron chi connectivity index (χ3n) is 3.42. The van der Waals surface area contributed by atoms with Crippen LogP contribution >= 0.6 is 11.3 Å². The molecule has 3 rings (SSSR count). The average molecular weight is 323 g/mol. The van der Waals surface area contributed by atoms with Gasteiger partial charge in [-0.05, 0) is 26.0 Å². The van der Waals surface area contributed by atoms with Crippen molar-refractivity contribution in [2.24, 2.45) is 5.10 Å². The molecule has 0 bridgehead atoms. The Balaban J connectivity index is 1.76. The maximum atomic E-state index is 9.69. The Morgan fingerprint density at radius 2 is 1.83 bits per heavy atom. The quantitative estimate of drug-likeness (QED) is 0.546. The van der Waals surface area contributed by atoms with E-state index in [4.69, 9.17) is 0 Å². The van der Waals surface area contributed by atoms with Gasteiger partial charge in [0.15, 0.2) is 0 Å². The van der Waals surface area contributed by atoms with Gasteiger partial charge in [-0.15, -0.1) is 11.3 Å². The number of benzene rings is 2. The molecule has 1 heterocycles. The molecule has 1 aromatic heterocycles. The Morgan fingerprint density at radius 3 is 2.57 bits per heavy atom. The third kappa shape index (κ3) is 3.57. The van der Waals surface area contributed by atoms with E-state index in [1.807, 2.05) is 13.0 Å². The first-order valence-corrected chi connectivity index (χ1v) is 8.06. The van der Waals surface area contributed by atoms with Crippen LogP contribution in [0.25, 0.3) is 11.3 Å². The molecule has 23 heavy (non-hydrogen) atoms. The van der Waals surface area contributed by atoms with E-state index in [0.29, 0.717) is 5.56 Å². The van der Waals surface area contributed by atoms with Crippen molar-refractivity contribution in [3.8, 4) is 17.0 Å². The third-order valence-corrected chi connectivity index (χ3v) is 4.30. The number of aryl methyl sites for hydroxylation is 2.